The summed E-state index contributed by atoms with van der Waals surface area (Å²) in [7, 11) is 0. The molecule has 0 aliphatic heterocycles. The molecule has 102 valence electrons. The third-order valence-electron chi connectivity index (χ3n) is 2.44. The van der Waals surface area contributed by atoms with Gasteiger partial charge >= 0.3 is 5.97 Å². The molecule has 1 aromatic carbocycles. The number of carbonyl (C=O) groups excluding carboxylic acids is 1. The van der Waals surface area contributed by atoms with Gasteiger partial charge in [-0.15, -0.1) is 0 Å². The zero-order valence-electron chi connectivity index (χ0n) is 10.2. The topological polar surface area (TPSA) is 129 Å². The fourth-order valence-corrected chi connectivity index (χ4v) is 1.53. The number of aromatic nitrogens is 1. The highest BCUT2D eigenvalue weighted by molar-refractivity contribution is 5.93. The number of nitrogens with two attached hydrogens (primary N) is 2. The number of primary amides is 1. The first-order chi connectivity index (χ1) is 9.47. The number of amides is 1. The summed E-state index contributed by atoms with van der Waals surface area (Å²) in [6.45, 7) is 0. The average molecular weight is 273 g/mol. The van der Waals surface area contributed by atoms with Crippen LogP contribution in [0, 0.1) is 0 Å². The normalized spacial score (nSPS) is 10.0. The third kappa shape index (κ3) is 2.83. The maximum absolute atomic E-state index is 11.1. The van der Waals surface area contributed by atoms with Gasteiger partial charge in [0.2, 0.25) is 11.8 Å². The number of rotatable bonds is 4. The van der Waals surface area contributed by atoms with Crippen molar-refractivity contribution in [3.05, 3.63) is 47.7 Å². The van der Waals surface area contributed by atoms with E-state index in [9.17, 15) is 9.59 Å². The molecule has 1 amide bonds. The van der Waals surface area contributed by atoms with Crippen LogP contribution in [0.1, 0.15) is 20.7 Å². The van der Waals surface area contributed by atoms with Crippen LogP contribution >= 0.6 is 0 Å². The van der Waals surface area contributed by atoms with Gasteiger partial charge in [0.25, 0.3) is 0 Å². The summed E-state index contributed by atoms with van der Waals surface area (Å²) >= 11 is 0. The van der Waals surface area contributed by atoms with Gasteiger partial charge in [-0.05, 0) is 24.3 Å². The molecule has 2 aromatic rings. The highest BCUT2D eigenvalue weighted by atomic mass is 16.5. The molecule has 2 rings (SSSR count). The fraction of sp³-hybridized carbons (Fsp3) is 0. The first-order valence-electron chi connectivity index (χ1n) is 5.54. The minimum atomic E-state index is -1.22. The number of hydrogen-bond donors (Lipinski definition) is 3. The zero-order chi connectivity index (χ0) is 14.7. The van der Waals surface area contributed by atoms with Gasteiger partial charge in [0.05, 0.1) is 11.9 Å². The lowest BCUT2D eigenvalue weighted by Crippen LogP contribution is -2.10. The SMILES string of the molecule is NC(=O)c1cccc(Oc2ncc(N)cc2C(=O)O)c1. The Kier molecular flexibility index (Phi) is 3.52. The van der Waals surface area contributed by atoms with Gasteiger partial charge in [-0.1, -0.05) is 6.07 Å². The molecule has 0 bridgehead atoms. The molecule has 0 saturated carbocycles. The summed E-state index contributed by atoms with van der Waals surface area (Å²) in [4.78, 5) is 26.0. The second kappa shape index (κ2) is 5.27. The van der Waals surface area contributed by atoms with Gasteiger partial charge in [-0.25, -0.2) is 9.78 Å². The molecule has 0 aliphatic rings. The highest BCUT2D eigenvalue weighted by Crippen LogP contribution is 2.25. The molecule has 0 aliphatic carbocycles. The second-order valence-corrected chi connectivity index (χ2v) is 3.92. The molecule has 7 nitrogen and oxygen atoms in total. The number of benzene rings is 1. The van der Waals surface area contributed by atoms with E-state index in [1.54, 1.807) is 12.1 Å². The summed E-state index contributed by atoms with van der Waals surface area (Å²) in [5.41, 5.74) is 10.9. The fourth-order valence-electron chi connectivity index (χ4n) is 1.53. The third-order valence-corrected chi connectivity index (χ3v) is 2.44. The average Bonchev–Trinajstić information content (AvgIpc) is 2.41. The minimum Gasteiger partial charge on any atom is -0.477 e. The summed E-state index contributed by atoms with van der Waals surface area (Å²) < 4.78 is 5.36. The van der Waals surface area contributed by atoms with E-state index in [2.05, 4.69) is 4.98 Å². The molecule has 1 aromatic heterocycles. The molecule has 1 heterocycles. The van der Waals surface area contributed by atoms with Gasteiger partial charge in [0.15, 0.2) is 0 Å². The first kappa shape index (κ1) is 13.3. The smallest absolute Gasteiger partial charge is 0.341 e. The number of aromatic carboxylic acids is 1. The lowest BCUT2D eigenvalue weighted by molar-refractivity contribution is 0.0693. The van der Waals surface area contributed by atoms with Crippen molar-refractivity contribution < 1.29 is 19.4 Å². The molecule has 5 N–H and O–H groups in total. The number of nitrogen functional groups attached to an aromatic ring is 1. The number of carboxylic acid groups (broad SMARTS) is 1. The van der Waals surface area contributed by atoms with Gasteiger partial charge in [0.1, 0.15) is 11.3 Å². The van der Waals surface area contributed by atoms with Crippen LogP contribution in [-0.2, 0) is 0 Å². The Labute approximate surface area is 113 Å². The Hall–Kier alpha value is -3.09. The van der Waals surface area contributed by atoms with Crippen molar-refractivity contribution in [2.24, 2.45) is 5.73 Å². The van der Waals surface area contributed by atoms with Crippen molar-refractivity contribution in [1.29, 1.82) is 0 Å². The molecular formula is C13H11N3O4. The van der Waals surface area contributed by atoms with Gasteiger partial charge in [-0.2, -0.15) is 0 Å². The number of carbonyl (C=O) groups is 2. The standard InChI is InChI=1S/C13H11N3O4/c14-8-5-10(13(18)19)12(16-6-8)20-9-3-1-2-7(4-9)11(15)17/h1-6H,14H2,(H2,15,17)(H,18,19). The van der Waals surface area contributed by atoms with Crippen molar-refractivity contribution >= 4 is 17.6 Å². The van der Waals surface area contributed by atoms with E-state index in [4.69, 9.17) is 21.3 Å². The van der Waals surface area contributed by atoms with Crippen LogP contribution in [-0.4, -0.2) is 22.0 Å². The van der Waals surface area contributed by atoms with E-state index < -0.39 is 11.9 Å². The lowest BCUT2D eigenvalue weighted by atomic mass is 10.2. The van der Waals surface area contributed by atoms with E-state index in [-0.39, 0.29) is 28.4 Å². The van der Waals surface area contributed by atoms with Crippen LogP contribution in [0.5, 0.6) is 11.6 Å². The summed E-state index contributed by atoms with van der Waals surface area (Å²) in [5.74, 6) is -1.69. The van der Waals surface area contributed by atoms with Gasteiger partial charge in [-0.3, -0.25) is 4.79 Å². The number of anilines is 1. The molecular weight excluding hydrogens is 262 g/mol. The van der Waals surface area contributed by atoms with E-state index in [1.165, 1.54) is 24.4 Å². The number of hydrogen-bond acceptors (Lipinski definition) is 5. The molecule has 0 spiro atoms. The summed E-state index contributed by atoms with van der Waals surface area (Å²) in [5, 5.41) is 9.06. The Balaban J connectivity index is 2.37. The van der Waals surface area contributed by atoms with Crippen LogP contribution in [0.4, 0.5) is 5.69 Å². The molecule has 0 saturated heterocycles. The van der Waals surface area contributed by atoms with Crippen LogP contribution in [0.15, 0.2) is 36.5 Å². The Morgan fingerprint density at radius 3 is 2.65 bits per heavy atom. The number of pyridine rings is 1. The number of carboxylic acids is 1. The Morgan fingerprint density at radius 2 is 2.00 bits per heavy atom. The van der Waals surface area contributed by atoms with Crippen molar-refractivity contribution in [3.63, 3.8) is 0 Å². The quantitative estimate of drug-likeness (QED) is 0.768. The van der Waals surface area contributed by atoms with E-state index >= 15 is 0 Å². The van der Waals surface area contributed by atoms with Gasteiger partial charge < -0.3 is 21.3 Å². The second-order valence-electron chi connectivity index (χ2n) is 3.92. The monoisotopic (exact) mass is 273 g/mol. The molecule has 0 unspecified atom stereocenters. The van der Waals surface area contributed by atoms with Gasteiger partial charge in [0, 0.05) is 5.56 Å². The molecule has 20 heavy (non-hydrogen) atoms. The largest absolute Gasteiger partial charge is 0.477 e. The summed E-state index contributed by atoms with van der Waals surface area (Å²) in [6, 6.07) is 7.27. The zero-order valence-corrected chi connectivity index (χ0v) is 10.2. The first-order valence-corrected chi connectivity index (χ1v) is 5.54. The van der Waals surface area contributed by atoms with E-state index in [0.29, 0.717) is 0 Å². The minimum absolute atomic E-state index is 0.117. The predicted octanol–water partition coefficient (Wildman–Crippen LogP) is 1.25. The number of nitrogens with zero attached hydrogens (tertiary/aromatic N) is 1. The predicted molar refractivity (Wildman–Crippen MR) is 70.6 cm³/mol. The molecule has 7 heteroatoms. The van der Waals surface area contributed by atoms with E-state index in [1.807, 2.05) is 0 Å². The van der Waals surface area contributed by atoms with Crippen LogP contribution in [0.25, 0.3) is 0 Å². The molecule has 0 radical (unpaired) electrons. The van der Waals surface area contributed by atoms with Crippen LogP contribution in [0.3, 0.4) is 0 Å². The van der Waals surface area contributed by atoms with Crippen LogP contribution in [0.2, 0.25) is 0 Å². The maximum atomic E-state index is 11.1. The summed E-state index contributed by atoms with van der Waals surface area (Å²) in [6.07, 6.45) is 1.28. The van der Waals surface area contributed by atoms with Crippen molar-refractivity contribution in [2.45, 2.75) is 0 Å². The van der Waals surface area contributed by atoms with Crippen LogP contribution < -0.4 is 16.2 Å². The van der Waals surface area contributed by atoms with Crippen molar-refractivity contribution in [3.8, 4) is 11.6 Å². The molecule has 0 fully saturated rings. The Morgan fingerprint density at radius 1 is 1.25 bits per heavy atom. The lowest BCUT2D eigenvalue weighted by Gasteiger charge is -2.08. The number of ether oxygens (including phenoxy) is 1. The van der Waals surface area contributed by atoms with E-state index in [0.717, 1.165) is 0 Å². The van der Waals surface area contributed by atoms with Crippen molar-refractivity contribution in [1.82, 2.24) is 4.98 Å². The Bertz CT molecular complexity index is 685. The van der Waals surface area contributed by atoms with Crippen molar-refractivity contribution in [2.75, 3.05) is 5.73 Å². The molecule has 0 atom stereocenters. The maximum Gasteiger partial charge on any atom is 0.341 e. The highest BCUT2D eigenvalue weighted by Gasteiger charge is 2.14.